The first-order chi connectivity index (χ1) is 16.9. The molecular formula is C30H62O3SSi. The van der Waals surface area contributed by atoms with Gasteiger partial charge in [0.2, 0.25) is 8.32 Å². The van der Waals surface area contributed by atoms with Crippen LogP contribution in [-0.2, 0) is 9.22 Å². The third kappa shape index (κ3) is 33.6. The Labute approximate surface area is 226 Å². The Bertz CT molecular complexity index is 443. The molecule has 210 valence electrons. The van der Waals surface area contributed by atoms with Gasteiger partial charge in [-0.15, -0.1) is 0 Å². The Morgan fingerprint density at radius 3 is 1.26 bits per heavy atom. The zero-order chi connectivity index (χ0) is 26.5. The fourth-order valence-electron chi connectivity index (χ4n) is 4.56. The molecule has 0 aromatic heterocycles. The minimum atomic E-state index is -1.80. The normalized spacial score (nSPS) is 11.1. The third-order valence-corrected chi connectivity index (χ3v) is 9.09. The Morgan fingerprint density at radius 2 is 0.914 bits per heavy atom. The van der Waals surface area contributed by atoms with Gasteiger partial charge < -0.3 is 9.53 Å². The van der Waals surface area contributed by atoms with E-state index in [0.29, 0.717) is 12.0 Å². The number of hydrogen-bond acceptors (Lipinski definition) is 3. The Balaban J connectivity index is 0. The van der Waals surface area contributed by atoms with Crippen molar-refractivity contribution < 1.29 is 14.3 Å². The van der Waals surface area contributed by atoms with Gasteiger partial charge in [-0.25, -0.2) is 0 Å². The molecule has 0 rings (SSSR count). The summed E-state index contributed by atoms with van der Waals surface area (Å²) in [4.78, 5) is 12.2. The molecule has 0 aromatic carbocycles. The van der Waals surface area contributed by atoms with Gasteiger partial charge in [-0.05, 0) is 37.8 Å². The molecular weight excluding hydrogens is 468 g/mol. The highest BCUT2D eigenvalue weighted by molar-refractivity contribution is 7.78. The number of aliphatic hydroxyl groups excluding tert-OH is 1. The number of unbranched alkanes of at least 4 members (excludes halogenated alkanes) is 20. The van der Waals surface area contributed by atoms with Crippen LogP contribution in [0.15, 0.2) is 0 Å². The fourth-order valence-corrected chi connectivity index (χ4v) is 6.48. The van der Waals surface area contributed by atoms with Gasteiger partial charge >= 0.3 is 0 Å². The first kappa shape index (κ1) is 36.7. The van der Waals surface area contributed by atoms with Crippen molar-refractivity contribution in [2.24, 2.45) is 0 Å². The van der Waals surface area contributed by atoms with E-state index in [1.54, 1.807) is 0 Å². The minimum Gasteiger partial charge on any atom is -0.520 e. The van der Waals surface area contributed by atoms with E-state index in [9.17, 15) is 4.79 Å². The molecule has 0 amide bonds. The summed E-state index contributed by atoms with van der Waals surface area (Å²) in [6.07, 6.45) is 30.4. The SMILES string of the molecule is CCCCCCCCCCCCCCCCCC(=O)O[Si](C)(C)CCCCCCCCC.OC=S. The Hall–Kier alpha value is -0.423. The van der Waals surface area contributed by atoms with Crippen molar-refractivity contribution in [1.29, 1.82) is 0 Å². The predicted molar refractivity (Wildman–Crippen MR) is 162 cm³/mol. The molecule has 0 aliphatic carbocycles. The van der Waals surface area contributed by atoms with Gasteiger partial charge in [-0.3, -0.25) is 4.79 Å². The predicted octanol–water partition coefficient (Wildman–Crippen LogP) is 11.2. The summed E-state index contributed by atoms with van der Waals surface area (Å²) < 4.78 is 5.90. The van der Waals surface area contributed by atoms with Gasteiger partial charge in [0.15, 0.2) is 0 Å². The summed E-state index contributed by atoms with van der Waals surface area (Å²) in [5, 5.41) is 7.26. The van der Waals surface area contributed by atoms with Crippen molar-refractivity contribution >= 4 is 32.1 Å². The summed E-state index contributed by atoms with van der Waals surface area (Å²) in [6.45, 7) is 8.99. The van der Waals surface area contributed by atoms with E-state index in [1.807, 2.05) is 0 Å². The Morgan fingerprint density at radius 1 is 0.629 bits per heavy atom. The second kappa shape index (κ2) is 29.8. The Kier molecular flexibility index (Phi) is 31.3. The number of hydrogen-bond donors (Lipinski definition) is 1. The highest BCUT2D eigenvalue weighted by Crippen LogP contribution is 2.19. The molecule has 0 heterocycles. The van der Waals surface area contributed by atoms with Crippen molar-refractivity contribution in [2.45, 2.75) is 181 Å². The molecule has 0 radical (unpaired) electrons. The van der Waals surface area contributed by atoms with Gasteiger partial charge in [0.05, 0.1) is 0 Å². The number of rotatable bonds is 25. The topological polar surface area (TPSA) is 46.5 Å². The number of thiocarbonyl (C=S) groups is 1. The van der Waals surface area contributed by atoms with Crippen LogP contribution in [0.4, 0.5) is 0 Å². The van der Waals surface area contributed by atoms with Crippen LogP contribution in [0.3, 0.4) is 0 Å². The van der Waals surface area contributed by atoms with E-state index in [2.05, 4.69) is 39.2 Å². The van der Waals surface area contributed by atoms with Crippen molar-refractivity contribution in [3.63, 3.8) is 0 Å². The van der Waals surface area contributed by atoms with Crippen molar-refractivity contribution in [3.8, 4) is 0 Å². The third-order valence-electron chi connectivity index (χ3n) is 6.76. The molecule has 0 unspecified atom stereocenters. The van der Waals surface area contributed by atoms with E-state index in [0.717, 1.165) is 12.5 Å². The summed E-state index contributed by atoms with van der Waals surface area (Å²) in [7, 11) is -1.80. The molecule has 3 nitrogen and oxygen atoms in total. The number of carbonyl (C=O) groups excluding carboxylic acids is 1. The van der Waals surface area contributed by atoms with Gasteiger partial charge in [-0.1, -0.05) is 149 Å². The molecule has 0 aromatic rings. The summed E-state index contributed by atoms with van der Waals surface area (Å²) in [5.74, 6) is 0.0688. The van der Waals surface area contributed by atoms with E-state index in [1.165, 1.54) is 135 Å². The van der Waals surface area contributed by atoms with E-state index >= 15 is 0 Å². The van der Waals surface area contributed by atoms with Crippen LogP contribution in [0.1, 0.15) is 162 Å². The lowest BCUT2D eigenvalue weighted by Gasteiger charge is -2.22. The molecule has 35 heavy (non-hydrogen) atoms. The lowest BCUT2D eigenvalue weighted by molar-refractivity contribution is -0.135. The van der Waals surface area contributed by atoms with Gasteiger partial charge in [0, 0.05) is 6.42 Å². The zero-order valence-corrected chi connectivity index (χ0v) is 26.0. The van der Waals surface area contributed by atoms with Crippen LogP contribution in [0, 0.1) is 0 Å². The fraction of sp³-hybridized carbons (Fsp3) is 0.933. The monoisotopic (exact) mass is 530 g/mol. The van der Waals surface area contributed by atoms with E-state index in [-0.39, 0.29) is 5.97 Å². The lowest BCUT2D eigenvalue weighted by Crippen LogP contribution is -2.33. The van der Waals surface area contributed by atoms with Gasteiger partial charge in [0.1, 0.15) is 5.55 Å². The average Bonchev–Trinajstić information content (AvgIpc) is 2.81. The van der Waals surface area contributed by atoms with Crippen LogP contribution in [0.2, 0.25) is 19.1 Å². The molecule has 0 aliphatic rings. The molecule has 0 bridgehead atoms. The van der Waals surface area contributed by atoms with E-state index < -0.39 is 8.32 Å². The summed E-state index contributed by atoms with van der Waals surface area (Å²) >= 11 is 3.82. The standard InChI is InChI=1S/C29H60O2Si.CH2OS/c1-5-7-9-11-13-14-15-16-17-18-19-20-21-23-25-27-29(30)31-32(3,4)28-26-24-22-12-10-8-6-2;2-1-3/h5-28H2,1-4H3;1H,(H,2,3). The molecule has 0 saturated carbocycles. The van der Waals surface area contributed by atoms with Crippen LogP contribution in [-0.4, -0.2) is 24.9 Å². The van der Waals surface area contributed by atoms with E-state index in [4.69, 9.17) is 9.53 Å². The zero-order valence-electron chi connectivity index (χ0n) is 24.2. The van der Waals surface area contributed by atoms with Crippen LogP contribution < -0.4 is 0 Å². The van der Waals surface area contributed by atoms with Crippen LogP contribution in [0.5, 0.6) is 0 Å². The van der Waals surface area contributed by atoms with Crippen LogP contribution >= 0.6 is 12.2 Å². The molecule has 5 heteroatoms. The molecule has 0 atom stereocenters. The smallest absolute Gasteiger partial charge is 0.292 e. The van der Waals surface area contributed by atoms with Crippen molar-refractivity contribution in [3.05, 3.63) is 0 Å². The van der Waals surface area contributed by atoms with Gasteiger partial charge in [0.25, 0.3) is 5.97 Å². The first-order valence-corrected chi connectivity index (χ1v) is 18.8. The maximum atomic E-state index is 12.2. The highest BCUT2D eigenvalue weighted by atomic mass is 32.1. The quantitative estimate of drug-likeness (QED) is 0.0724. The van der Waals surface area contributed by atoms with Crippen LogP contribution in [0.25, 0.3) is 0 Å². The van der Waals surface area contributed by atoms with Crippen molar-refractivity contribution in [2.75, 3.05) is 0 Å². The number of aliphatic hydroxyl groups is 1. The lowest BCUT2D eigenvalue weighted by atomic mass is 10.0. The number of carbonyl (C=O) groups is 1. The molecule has 0 fully saturated rings. The maximum absolute atomic E-state index is 12.2. The minimum absolute atomic E-state index is 0.0688. The second-order valence-electron chi connectivity index (χ2n) is 10.9. The molecule has 0 saturated heterocycles. The first-order valence-electron chi connectivity index (χ1n) is 15.2. The maximum Gasteiger partial charge on any atom is 0.292 e. The van der Waals surface area contributed by atoms with Gasteiger partial charge in [-0.2, -0.15) is 0 Å². The summed E-state index contributed by atoms with van der Waals surface area (Å²) in [6, 6.07) is 1.13. The summed E-state index contributed by atoms with van der Waals surface area (Å²) in [5.41, 5.74) is 0.583. The molecule has 0 aliphatic heterocycles. The highest BCUT2D eigenvalue weighted by Gasteiger charge is 2.25. The second-order valence-corrected chi connectivity index (χ2v) is 15.3. The van der Waals surface area contributed by atoms with Crippen molar-refractivity contribution in [1.82, 2.24) is 0 Å². The largest absolute Gasteiger partial charge is 0.520 e. The average molecular weight is 531 g/mol. The molecule has 0 spiro atoms. The molecule has 1 N–H and O–H groups in total.